The number of aliphatic hydroxyl groups is 1. The van der Waals surface area contributed by atoms with Crippen LogP contribution in [0.3, 0.4) is 0 Å². The molecule has 22 heavy (non-hydrogen) atoms. The molecule has 1 aromatic rings. The zero-order chi connectivity index (χ0) is 16.7. The molecule has 1 aliphatic rings. The van der Waals surface area contributed by atoms with Crippen molar-refractivity contribution in [1.82, 2.24) is 14.1 Å². The summed E-state index contributed by atoms with van der Waals surface area (Å²) in [5.41, 5.74) is -1.62. The average molecular weight is 362 g/mol. The molecule has 0 radical (unpaired) electrons. The number of aryl methyl sites for hydroxylation is 1. The number of alkyl halides is 3. The Hall–Kier alpha value is -0.840. The van der Waals surface area contributed by atoms with Crippen molar-refractivity contribution >= 4 is 21.6 Å². The van der Waals surface area contributed by atoms with Crippen molar-refractivity contribution in [2.75, 3.05) is 13.2 Å². The highest BCUT2D eigenvalue weighted by atomic mass is 35.5. The molecule has 0 unspecified atom stereocenters. The van der Waals surface area contributed by atoms with Crippen LogP contribution in [0.2, 0.25) is 5.15 Å². The van der Waals surface area contributed by atoms with Crippen molar-refractivity contribution in [2.45, 2.75) is 30.8 Å². The topological polar surface area (TPSA) is 75.4 Å². The molecule has 1 aromatic heterocycles. The maximum atomic E-state index is 13.0. The van der Waals surface area contributed by atoms with Gasteiger partial charge in [-0.3, -0.25) is 4.68 Å². The van der Waals surface area contributed by atoms with Crippen molar-refractivity contribution in [1.29, 1.82) is 0 Å². The lowest BCUT2D eigenvalue weighted by atomic mass is 10.2. The molecule has 0 spiro atoms. The molecule has 1 fully saturated rings. The number of sulfonamides is 1. The Morgan fingerprint density at radius 2 is 2.05 bits per heavy atom. The van der Waals surface area contributed by atoms with E-state index in [0.29, 0.717) is 12.8 Å². The predicted octanol–water partition coefficient (Wildman–Crippen LogP) is 1.38. The number of hydrogen-bond donors (Lipinski definition) is 1. The lowest BCUT2D eigenvalue weighted by Gasteiger charge is -2.21. The number of nitrogens with zero attached hydrogens (tertiary/aromatic N) is 3. The summed E-state index contributed by atoms with van der Waals surface area (Å²) >= 11 is 5.83. The third-order valence-corrected chi connectivity index (χ3v) is 6.14. The summed E-state index contributed by atoms with van der Waals surface area (Å²) in [6.07, 6.45) is -3.80. The van der Waals surface area contributed by atoms with E-state index in [4.69, 9.17) is 16.7 Å². The molecular formula is C11H15ClF3N3O3S. The van der Waals surface area contributed by atoms with Crippen molar-refractivity contribution in [3.8, 4) is 0 Å². The van der Waals surface area contributed by atoms with E-state index in [1.807, 2.05) is 0 Å². The van der Waals surface area contributed by atoms with Gasteiger partial charge in [-0.25, -0.2) is 8.42 Å². The van der Waals surface area contributed by atoms with Gasteiger partial charge in [0, 0.05) is 25.7 Å². The molecule has 2 rings (SSSR count). The minimum Gasteiger partial charge on any atom is -0.395 e. The Balaban J connectivity index is 2.38. The smallest absolute Gasteiger partial charge is 0.395 e. The normalized spacial score (nSPS) is 16.5. The van der Waals surface area contributed by atoms with E-state index in [1.54, 1.807) is 0 Å². The molecule has 126 valence electrons. The molecular weight excluding hydrogens is 347 g/mol. The third-order valence-electron chi connectivity index (χ3n) is 3.33. The second-order valence-electron chi connectivity index (χ2n) is 5.04. The number of aromatic nitrogens is 2. The van der Waals surface area contributed by atoms with E-state index in [9.17, 15) is 21.6 Å². The van der Waals surface area contributed by atoms with Gasteiger partial charge >= 0.3 is 6.18 Å². The quantitative estimate of drug-likeness (QED) is 0.830. The van der Waals surface area contributed by atoms with Crippen LogP contribution >= 0.6 is 11.6 Å². The van der Waals surface area contributed by atoms with Gasteiger partial charge in [-0.2, -0.15) is 22.6 Å². The second-order valence-corrected chi connectivity index (χ2v) is 7.61. The molecule has 1 saturated carbocycles. The third kappa shape index (κ3) is 3.39. The van der Waals surface area contributed by atoms with Gasteiger partial charge in [-0.15, -0.1) is 0 Å². The fourth-order valence-corrected chi connectivity index (χ4v) is 4.06. The lowest BCUT2D eigenvalue weighted by molar-refractivity contribution is -0.142. The molecule has 0 aliphatic heterocycles. The first-order valence-electron chi connectivity index (χ1n) is 6.47. The van der Waals surface area contributed by atoms with Crippen molar-refractivity contribution < 1.29 is 26.7 Å². The van der Waals surface area contributed by atoms with E-state index in [1.165, 1.54) is 7.05 Å². The van der Waals surface area contributed by atoms with Crippen LogP contribution in [0, 0.1) is 0 Å². The summed E-state index contributed by atoms with van der Waals surface area (Å²) in [6.45, 7) is -1.35. The minimum atomic E-state index is -4.74. The highest BCUT2D eigenvalue weighted by Gasteiger charge is 2.43. The van der Waals surface area contributed by atoms with Gasteiger partial charge in [0.05, 0.1) is 11.9 Å². The molecule has 11 heteroatoms. The van der Waals surface area contributed by atoms with Gasteiger partial charge in [-0.05, 0) is 12.8 Å². The van der Waals surface area contributed by atoms with Gasteiger partial charge < -0.3 is 5.11 Å². The van der Waals surface area contributed by atoms with E-state index in [0.717, 1.165) is 8.99 Å². The van der Waals surface area contributed by atoms with Gasteiger partial charge in [0.15, 0.2) is 5.69 Å². The van der Waals surface area contributed by atoms with Crippen LogP contribution in [0.1, 0.15) is 24.1 Å². The van der Waals surface area contributed by atoms with Crippen molar-refractivity contribution in [3.63, 3.8) is 0 Å². The molecule has 1 N–H and O–H groups in total. The molecule has 0 atom stereocenters. The fourth-order valence-electron chi connectivity index (χ4n) is 2.08. The van der Waals surface area contributed by atoms with E-state index >= 15 is 0 Å². The summed E-state index contributed by atoms with van der Waals surface area (Å²) in [6, 6.07) is 0. The molecule has 0 amide bonds. The molecule has 1 heterocycles. The van der Waals surface area contributed by atoms with Crippen molar-refractivity contribution in [3.05, 3.63) is 16.4 Å². The van der Waals surface area contributed by atoms with Gasteiger partial charge in [-0.1, -0.05) is 11.6 Å². The Morgan fingerprint density at radius 1 is 1.45 bits per heavy atom. The number of aliphatic hydroxyl groups excluding tert-OH is 1. The second kappa shape index (κ2) is 5.99. The van der Waals surface area contributed by atoms with Crippen LogP contribution in [0.15, 0.2) is 0 Å². The first-order valence-corrected chi connectivity index (χ1v) is 8.35. The molecule has 6 nitrogen and oxygen atoms in total. The summed E-state index contributed by atoms with van der Waals surface area (Å²) in [5, 5.41) is 11.4. The summed E-state index contributed by atoms with van der Waals surface area (Å²) in [7, 11) is -2.50. The standard InChI is InChI=1S/C11H15ClF3N3O3S/c1-17-10(12)8(9(16-17)11(13,14)15)6-18(4-5-19)22(20,21)7-2-3-7/h7,19H,2-6H2,1H3. The maximum absolute atomic E-state index is 13.0. The number of halogens is 4. The molecule has 1 aliphatic carbocycles. The predicted molar refractivity (Wildman–Crippen MR) is 72.7 cm³/mol. The van der Waals surface area contributed by atoms with E-state index in [-0.39, 0.29) is 11.7 Å². The lowest BCUT2D eigenvalue weighted by Crippen LogP contribution is -2.36. The van der Waals surface area contributed by atoms with Gasteiger partial charge in [0.25, 0.3) is 0 Å². The van der Waals surface area contributed by atoms with Gasteiger partial charge in [0.2, 0.25) is 10.0 Å². The largest absolute Gasteiger partial charge is 0.435 e. The number of rotatable bonds is 6. The first-order chi connectivity index (χ1) is 10.1. The number of hydrogen-bond acceptors (Lipinski definition) is 4. The van der Waals surface area contributed by atoms with Crippen molar-refractivity contribution in [2.24, 2.45) is 7.05 Å². The maximum Gasteiger partial charge on any atom is 0.435 e. The zero-order valence-electron chi connectivity index (χ0n) is 11.6. The van der Waals surface area contributed by atoms with Crippen LogP contribution in [-0.2, 0) is 29.8 Å². The fraction of sp³-hybridized carbons (Fsp3) is 0.727. The minimum absolute atomic E-state index is 0.277. The Bertz CT molecular complexity index is 656. The Morgan fingerprint density at radius 3 is 2.50 bits per heavy atom. The Labute approximate surface area is 130 Å². The molecule has 0 saturated heterocycles. The molecule has 0 bridgehead atoms. The monoisotopic (exact) mass is 361 g/mol. The SMILES string of the molecule is Cn1nc(C(F)(F)F)c(CN(CCO)S(=O)(=O)C2CC2)c1Cl. The van der Waals surface area contributed by atoms with E-state index < -0.39 is 45.9 Å². The van der Waals surface area contributed by atoms with E-state index in [2.05, 4.69) is 5.10 Å². The van der Waals surface area contributed by atoms with Crippen LogP contribution in [0.5, 0.6) is 0 Å². The van der Waals surface area contributed by atoms with Crippen LogP contribution < -0.4 is 0 Å². The highest BCUT2D eigenvalue weighted by molar-refractivity contribution is 7.90. The van der Waals surface area contributed by atoms with Crippen LogP contribution in [-0.4, -0.2) is 46.0 Å². The van der Waals surface area contributed by atoms with Gasteiger partial charge in [0.1, 0.15) is 5.15 Å². The average Bonchev–Trinajstić information content (AvgIpc) is 3.20. The summed E-state index contributed by atoms with van der Waals surface area (Å²) in [4.78, 5) is 0. The highest BCUT2D eigenvalue weighted by Crippen LogP contribution is 2.37. The summed E-state index contributed by atoms with van der Waals surface area (Å²) < 4.78 is 65.1. The summed E-state index contributed by atoms with van der Waals surface area (Å²) in [5.74, 6) is 0. The van der Waals surface area contributed by atoms with Crippen LogP contribution in [0.25, 0.3) is 0 Å². The zero-order valence-corrected chi connectivity index (χ0v) is 13.2. The Kier molecular flexibility index (Phi) is 4.77. The molecule has 0 aromatic carbocycles. The first kappa shape index (κ1) is 17.5. The van der Waals surface area contributed by atoms with Crippen LogP contribution in [0.4, 0.5) is 13.2 Å².